The molecule has 0 N–H and O–H groups in total. The van der Waals surface area contributed by atoms with Crippen LogP contribution in [0.4, 0.5) is 13.2 Å². The molecule has 0 aromatic carbocycles. The summed E-state index contributed by atoms with van der Waals surface area (Å²) in [5, 5.41) is 0. The Morgan fingerprint density at radius 1 is 1.08 bits per heavy atom. The van der Waals surface area contributed by atoms with Crippen LogP contribution in [0.5, 0.6) is 5.75 Å². The molecule has 7 heteroatoms. The maximum absolute atomic E-state index is 12.7. The minimum Gasteiger partial charge on any atom is -0.493 e. The summed E-state index contributed by atoms with van der Waals surface area (Å²) in [5.74, 6) is 0.581. The first-order chi connectivity index (χ1) is 12.0. The quantitative estimate of drug-likeness (QED) is 0.822. The minimum atomic E-state index is -4.45. The monoisotopic (exact) mass is 351 g/mol. The number of rotatable bonds is 5. The first kappa shape index (κ1) is 17.7. The number of alkyl halides is 3. The average molecular weight is 351 g/mol. The van der Waals surface area contributed by atoms with Gasteiger partial charge in [-0.05, 0) is 55.6 Å². The van der Waals surface area contributed by atoms with Gasteiger partial charge in [0.25, 0.3) is 0 Å². The number of aromatic nitrogens is 2. The Balaban J connectivity index is 1.45. The molecule has 4 nitrogen and oxygen atoms in total. The van der Waals surface area contributed by atoms with Gasteiger partial charge in [-0.25, -0.2) is 0 Å². The Hall–Kier alpha value is -2.15. The van der Waals surface area contributed by atoms with Crippen molar-refractivity contribution in [3.8, 4) is 5.75 Å². The molecular weight excluding hydrogens is 331 g/mol. The molecule has 1 aliphatic rings. The lowest BCUT2D eigenvalue weighted by atomic mass is 9.97. The molecule has 0 saturated carbocycles. The van der Waals surface area contributed by atoms with E-state index in [2.05, 4.69) is 14.9 Å². The van der Waals surface area contributed by atoms with Gasteiger partial charge in [-0.2, -0.15) is 13.2 Å². The molecule has 0 bridgehead atoms. The van der Waals surface area contributed by atoms with Crippen LogP contribution in [0.25, 0.3) is 0 Å². The van der Waals surface area contributed by atoms with Crippen LogP contribution >= 0.6 is 0 Å². The van der Waals surface area contributed by atoms with Crippen molar-refractivity contribution in [2.75, 3.05) is 19.7 Å². The largest absolute Gasteiger partial charge is 0.493 e. The third kappa shape index (κ3) is 5.16. The molecule has 0 radical (unpaired) electrons. The van der Waals surface area contributed by atoms with Crippen molar-refractivity contribution in [2.24, 2.45) is 5.92 Å². The first-order valence-corrected chi connectivity index (χ1v) is 8.28. The third-order valence-electron chi connectivity index (χ3n) is 4.37. The normalized spacial score (nSPS) is 16.8. The lowest BCUT2D eigenvalue weighted by Gasteiger charge is -2.31. The second kappa shape index (κ2) is 7.82. The lowest BCUT2D eigenvalue weighted by Crippen LogP contribution is -2.35. The van der Waals surface area contributed by atoms with E-state index >= 15 is 0 Å². The summed E-state index contributed by atoms with van der Waals surface area (Å²) >= 11 is 0. The van der Waals surface area contributed by atoms with E-state index in [9.17, 15) is 13.2 Å². The van der Waals surface area contributed by atoms with Crippen molar-refractivity contribution in [3.05, 3.63) is 54.1 Å². The Labute approximate surface area is 144 Å². The number of nitrogens with zero attached hydrogens (tertiary/aromatic N) is 3. The molecule has 2 aromatic rings. The van der Waals surface area contributed by atoms with Crippen LogP contribution < -0.4 is 4.74 Å². The SMILES string of the molecule is FC(F)(F)c1cc(OCC2CCN(Cc3ccncc3)CC2)ccn1. The van der Waals surface area contributed by atoms with Gasteiger partial charge >= 0.3 is 6.18 Å². The minimum absolute atomic E-state index is 0.224. The standard InChI is InChI=1S/C18H20F3N3O/c19-18(20,21)17-11-16(3-8-23-17)25-13-15-4-9-24(10-5-15)12-14-1-6-22-7-2-14/h1-3,6-8,11,15H,4-5,9-10,12-13H2. The fourth-order valence-electron chi connectivity index (χ4n) is 2.93. The molecule has 25 heavy (non-hydrogen) atoms. The summed E-state index contributed by atoms with van der Waals surface area (Å²) in [6.07, 6.45) is 2.22. The summed E-state index contributed by atoms with van der Waals surface area (Å²) in [6.45, 7) is 3.25. The molecule has 1 saturated heterocycles. The summed E-state index contributed by atoms with van der Waals surface area (Å²) in [4.78, 5) is 9.73. The highest BCUT2D eigenvalue weighted by molar-refractivity contribution is 5.24. The average Bonchev–Trinajstić information content (AvgIpc) is 2.62. The summed E-state index contributed by atoms with van der Waals surface area (Å²) in [7, 11) is 0. The molecule has 1 aliphatic heterocycles. The second-order valence-corrected chi connectivity index (χ2v) is 6.26. The highest BCUT2D eigenvalue weighted by Crippen LogP contribution is 2.30. The molecule has 3 rings (SSSR count). The Morgan fingerprint density at radius 3 is 2.48 bits per heavy atom. The van der Waals surface area contributed by atoms with Crippen LogP contribution in [0.15, 0.2) is 42.9 Å². The molecule has 0 atom stereocenters. The van der Waals surface area contributed by atoms with Crippen molar-refractivity contribution < 1.29 is 17.9 Å². The lowest BCUT2D eigenvalue weighted by molar-refractivity contribution is -0.141. The molecule has 134 valence electrons. The molecule has 3 heterocycles. The van der Waals surface area contributed by atoms with Gasteiger partial charge in [0.1, 0.15) is 11.4 Å². The number of ether oxygens (including phenoxy) is 1. The number of hydrogen-bond acceptors (Lipinski definition) is 4. The maximum atomic E-state index is 12.7. The van der Waals surface area contributed by atoms with Crippen molar-refractivity contribution in [2.45, 2.75) is 25.6 Å². The smallest absolute Gasteiger partial charge is 0.433 e. The number of piperidine rings is 1. The van der Waals surface area contributed by atoms with Gasteiger partial charge < -0.3 is 4.74 Å². The van der Waals surface area contributed by atoms with Gasteiger partial charge in [0.15, 0.2) is 0 Å². The maximum Gasteiger partial charge on any atom is 0.433 e. The number of pyridine rings is 2. The van der Waals surface area contributed by atoms with Crippen LogP contribution in [0.1, 0.15) is 24.1 Å². The molecule has 2 aromatic heterocycles. The third-order valence-corrected chi connectivity index (χ3v) is 4.37. The fourth-order valence-corrected chi connectivity index (χ4v) is 2.93. The van der Waals surface area contributed by atoms with Crippen LogP contribution in [-0.2, 0) is 12.7 Å². The van der Waals surface area contributed by atoms with E-state index in [0.717, 1.165) is 44.7 Å². The van der Waals surface area contributed by atoms with E-state index in [0.29, 0.717) is 12.5 Å². The predicted octanol–water partition coefficient (Wildman–Crippen LogP) is 3.79. The summed E-state index contributed by atoms with van der Waals surface area (Å²) in [6, 6.07) is 6.44. The molecule has 1 fully saturated rings. The molecule has 0 spiro atoms. The fraction of sp³-hybridized carbons (Fsp3) is 0.444. The van der Waals surface area contributed by atoms with Gasteiger partial charge in [-0.15, -0.1) is 0 Å². The van der Waals surface area contributed by atoms with Crippen LogP contribution in [0.3, 0.4) is 0 Å². The van der Waals surface area contributed by atoms with Gasteiger partial charge in [0.2, 0.25) is 0 Å². The van der Waals surface area contributed by atoms with Crippen molar-refractivity contribution in [3.63, 3.8) is 0 Å². The van der Waals surface area contributed by atoms with E-state index in [1.54, 1.807) is 12.4 Å². The highest BCUT2D eigenvalue weighted by Gasteiger charge is 2.32. The van der Waals surface area contributed by atoms with E-state index in [4.69, 9.17) is 4.74 Å². The van der Waals surface area contributed by atoms with Gasteiger partial charge in [0.05, 0.1) is 6.61 Å². The van der Waals surface area contributed by atoms with Gasteiger partial charge in [-0.3, -0.25) is 14.9 Å². The van der Waals surface area contributed by atoms with Gasteiger partial charge in [-0.1, -0.05) is 0 Å². The molecule has 0 unspecified atom stereocenters. The number of hydrogen-bond donors (Lipinski definition) is 0. The number of likely N-dealkylation sites (tertiary alicyclic amines) is 1. The summed E-state index contributed by atoms with van der Waals surface area (Å²) < 4.78 is 43.5. The zero-order valence-electron chi connectivity index (χ0n) is 13.7. The Kier molecular flexibility index (Phi) is 5.53. The zero-order chi connectivity index (χ0) is 17.7. The van der Waals surface area contributed by atoms with Crippen molar-refractivity contribution >= 4 is 0 Å². The van der Waals surface area contributed by atoms with E-state index in [1.807, 2.05) is 12.1 Å². The zero-order valence-corrected chi connectivity index (χ0v) is 13.7. The predicted molar refractivity (Wildman–Crippen MR) is 87.0 cm³/mol. The summed E-state index contributed by atoms with van der Waals surface area (Å²) in [5.41, 5.74) is 0.318. The van der Waals surface area contributed by atoms with Crippen molar-refractivity contribution in [1.82, 2.24) is 14.9 Å². The molecular formula is C18H20F3N3O. The Bertz CT molecular complexity index is 671. The van der Waals surface area contributed by atoms with Crippen LogP contribution in [-0.4, -0.2) is 34.6 Å². The molecule has 0 amide bonds. The number of halogens is 3. The second-order valence-electron chi connectivity index (χ2n) is 6.26. The van der Waals surface area contributed by atoms with E-state index in [1.165, 1.54) is 11.6 Å². The first-order valence-electron chi connectivity index (χ1n) is 8.28. The Morgan fingerprint density at radius 2 is 1.80 bits per heavy atom. The van der Waals surface area contributed by atoms with E-state index < -0.39 is 11.9 Å². The van der Waals surface area contributed by atoms with Gasteiger partial charge in [0, 0.05) is 31.2 Å². The van der Waals surface area contributed by atoms with Crippen molar-refractivity contribution in [1.29, 1.82) is 0 Å². The highest BCUT2D eigenvalue weighted by atomic mass is 19.4. The van der Waals surface area contributed by atoms with Crippen LogP contribution in [0.2, 0.25) is 0 Å². The topological polar surface area (TPSA) is 38.2 Å². The van der Waals surface area contributed by atoms with E-state index in [-0.39, 0.29) is 5.75 Å². The van der Waals surface area contributed by atoms with Crippen LogP contribution in [0, 0.1) is 5.92 Å². The molecule has 0 aliphatic carbocycles.